The molecule has 0 N–H and O–H groups in total. The summed E-state index contributed by atoms with van der Waals surface area (Å²) in [5.74, 6) is 0.387. The van der Waals surface area contributed by atoms with Crippen molar-refractivity contribution in [3.63, 3.8) is 0 Å². The molecule has 0 unspecified atom stereocenters. The lowest BCUT2D eigenvalue weighted by atomic mass is 9.89. The molecule has 0 spiro atoms. The van der Waals surface area contributed by atoms with Crippen LogP contribution in [0.5, 0.6) is 0 Å². The number of carbonyl (C=O) groups is 1. The molecule has 2 aromatic heterocycles. The standard InChI is InChI=1S/C21H13FN2O2/c22-14-6-4-13(5-7-14)10-18-21-16(2-1-3-19(21)25)17(12-24-18)20-9-8-15(11-23)26-20/h1-2,4-9,12H,3,10H2. The van der Waals surface area contributed by atoms with Crippen molar-refractivity contribution in [1.29, 1.82) is 5.26 Å². The normalized spacial score (nSPS) is 12.7. The number of nitrogens with zero attached hydrogens (tertiary/aromatic N) is 2. The lowest BCUT2D eigenvalue weighted by Gasteiger charge is -2.17. The Morgan fingerprint density at radius 2 is 2.00 bits per heavy atom. The summed E-state index contributed by atoms with van der Waals surface area (Å²) in [7, 11) is 0. The fourth-order valence-electron chi connectivity index (χ4n) is 3.11. The third-order valence-electron chi connectivity index (χ3n) is 4.33. The summed E-state index contributed by atoms with van der Waals surface area (Å²) in [6.45, 7) is 0. The maximum Gasteiger partial charge on any atom is 0.204 e. The number of fused-ring (bicyclic) bond motifs is 1. The van der Waals surface area contributed by atoms with E-state index in [-0.39, 0.29) is 17.4 Å². The predicted molar refractivity (Wildman–Crippen MR) is 93.8 cm³/mol. The Kier molecular flexibility index (Phi) is 3.94. The molecular weight excluding hydrogens is 331 g/mol. The zero-order valence-electron chi connectivity index (χ0n) is 13.7. The fourth-order valence-corrected chi connectivity index (χ4v) is 3.11. The Hall–Kier alpha value is -3.52. The minimum atomic E-state index is -0.302. The molecule has 5 heteroatoms. The molecule has 0 saturated heterocycles. The van der Waals surface area contributed by atoms with Gasteiger partial charge in [-0.1, -0.05) is 24.3 Å². The van der Waals surface area contributed by atoms with Crippen LogP contribution < -0.4 is 0 Å². The second kappa shape index (κ2) is 6.41. The van der Waals surface area contributed by atoms with E-state index in [0.717, 1.165) is 11.1 Å². The zero-order valence-corrected chi connectivity index (χ0v) is 13.7. The molecule has 4 rings (SSSR count). The monoisotopic (exact) mass is 344 g/mol. The van der Waals surface area contributed by atoms with Crippen LogP contribution in [0.2, 0.25) is 0 Å². The van der Waals surface area contributed by atoms with Crippen molar-refractivity contribution in [2.75, 3.05) is 0 Å². The highest BCUT2D eigenvalue weighted by molar-refractivity contribution is 6.05. The third-order valence-corrected chi connectivity index (χ3v) is 4.33. The second-order valence-electron chi connectivity index (χ2n) is 6.02. The summed E-state index contributed by atoms with van der Waals surface area (Å²) in [5.41, 5.74) is 3.50. The number of allylic oxidation sites excluding steroid dienone is 1. The molecule has 126 valence electrons. The van der Waals surface area contributed by atoms with E-state index in [4.69, 9.17) is 9.68 Å². The van der Waals surface area contributed by atoms with Crippen LogP contribution in [0.3, 0.4) is 0 Å². The van der Waals surface area contributed by atoms with E-state index in [1.54, 1.807) is 30.5 Å². The van der Waals surface area contributed by atoms with Crippen molar-refractivity contribution in [2.45, 2.75) is 12.8 Å². The largest absolute Gasteiger partial charge is 0.446 e. The van der Waals surface area contributed by atoms with Crippen LogP contribution in [-0.4, -0.2) is 10.8 Å². The van der Waals surface area contributed by atoms with Crippen LogP contribution >= 0.6 is 0 Å². The van der Waals surface area contributed by atoms with Crippen molar-refractivity contribution < 1.29 is 13.6 Å². The van der Waals surface area contributed by atoms with Crippen LogP contribution in [0, 0.1) is 17.1 Å². The van der Waals surface area contributed by atoms with E-state index in [1.807, 2.05) is 18.2 Å². The van der Waals surface area contributed by atoms with Gasteiger partial charge in [-0.05, 0) is 35.4 Å². The van der Waals surface area contributed by atoms with Gasteiger partial charge in [0.15, 0.2) is 5.78 Å². The Morgan fingerprint density at radius 1 is 1.19 bits per heavy atom. The fraction of sp³-hybridized carbons (Fsp3) is 0.0952. The topological polar surface area (TPSA) is 66.9 Å². The molecule has 2 heterocycles. The molecule has 1 aliphatic carbocycles. The highest BCUT2D eigenvalue weighted by Crippen LogP contribution is 2.33. The van der Waals surface area contributed by atoms with Crippen molar-refractivity contribution in [3.8, 4) is 17.4 Å². The predicted octanol–water partition coefficient (Wildman–Crippen LogP) is 4.54. The van der Waals surface area contributed by atoms with Gasteiger partial charge >= 0.3 is 0 Å². The Morgan fingerprint density at radius 3 is 2.73 bits per heavy atom. The number of ketones is 1. The van der Waals surface area contributed by atoms with Gasteiger partial charge in [-0.25, -0.2) is 4.39 Å². The summed E-state index contributed by atoms with van der Waals surface area (Å²) in [6.07, 6.45) is 6.10. The molecule has 26 heavy (non-hydrogen) atoms. The minimum absolute atomic E-state index is 0.0129. The maximum atomic E-state index is 13.1. The molecule has 0 aliphatic heterocycles. The van der Waals surface area contributed by atoms with Crippen LogP contribution in [-0.2, 0) is 6.42 Å². The molecule has 0 atom stereocenters. The summed E-state index contributed by atoms with van der Waals surface area (Å²) in [4.78, 5) is 17.0. The second-order valence-corrected chi connectivity index (χ2v) is 6.02. The number of carbonyl (C=O) groups excluding carboxylic acids is 1. The van der Waals surface area contributed by atoms with Gasteiger partial charge in [-0.2, -0.15) is 5.26 Å². The van der Waals surface area contributed by atoms with Crippen LogP contribution in [0.15, 0.2) is 53.1 Å². The molecule has 0 bridgehead atoms. The molecular formula is C21H13FN2O2. The molecule has 3 aromatic rings. The Labute approximate surface area is 149 Å². The first-order chi connectivity index (χ1) is 12.7. The lowest BCUT2D eigenvalue weighted by molar-refractivity contribution is 0.0993. The number of nitriles is 1. The average Bonchev–Trinajstić information content (AvgIpc) is 3.13. The van der Waals surface area contributed by atoms with Gasteiger partial charge in [-0.3, -0.25) is 9.78 Å². The van der Waals surface area contributed by atoms with Gasteiger partial charge in [0.1, 0.15) is 17.6 Å². The number of furan rings is 1. The number of hydrogen-bond donors (Lipinski definition) is 0. The maximum absolute atomic E-state index is 13.1. The van der Waals surface area contributed by atoms with Gasteiger partial charge in [0.05, 0.1) is 5.69 Å². The van der Waals surface area contributed by atoms with E-state index in [0.29, 0.717) is 35.4 Å². The molecule has 0 fully saturated rings. The smallest absolute Gasteiger partial charge is 0.204 e. The highest BCUT2D eigenvalue weighted by atomic mass is 19.1. The molecule has 4 nitrogen and oxygen atoms in total. The van der Waals surface area contributed by atoms with Crippen molar-refractivity contribution >= 4 is 11.9 Å². The number of benzene rings is 1. The van der Waals surface area contributed by atoms with Crippen molar-refractivity contribution in [1.82, 2.24) is 4.98 Å². The van der Waals surface area contributed by atoms with E-state index in [1.165, 1.54) is 12.1 Å². The van der Waals surface area contributed by atoms with Crippen LogP contribution in [0.25, 0.3) is 17.4 Å². The summed E-state index contributed by atoms with van der Waals surface area (Å²) >= 11 is 0. The first kappa shape index (κ1) is 16.0. The van der Waals surface area contributed by atoms with E-state index < -0.39 is 0 Å². The molecule has 0 radical (unpaired) electrons. The van der Waals surface area contributed by atoms with Gasteiger partial charge < -0.3 is 4.42 Å². The Balaban J connectivity index is 1.82. The summed E-state index contributed by atoms with van der Waals surface area (Å²) < 4.78 is 18.6. The first-order valence-corrected chi connectivity index (χ1v) is 8.12. The van der Waals surface area contributed by atoms with Crippen LogP contribution in [0.4, 0.5) is 4.39 Å². The van der Waals surface area contributed by atoms with Gasteiger partial charge in [0.25, 0.3) is 0 Å². The zero-order chi connectivity index (χ0) is 18.1. The quantitative estimate of drug-likeness (QED) is 0.699. The highest BCUT2D eigenvalue weighted by Gasteiger charge is 2.23. The number of rotatable bonds is 3. The number of Topliss-reactive ketones (excluding diaryl/α,β-unsaturated/α-hetero) is 1. The van der Waals surface area contributed by atoms with Crippen molar-refractivity contribution in [2.24, 2.45) is 0 Å². The summed E-state index contributed by atoms with van der Waals surface area (Å²) in [5, 5.41) is 8.95. The van der Waals surface area contributed by atoms with Crippen LogP contribution in [0.1, 0.15) is 39.4 Å². The van der Waals surface area contributed by atoms with Gasteiger partial charge in [0.2, 0.25) is 5.76 Å². The average molecular weight is 344 g/mol. The van der Waals surface area contributed by atoms with Crippen molar-refractivity contribution in [3.05, 3.63) is 82.6 Å². The van der Waals surface area contributed by atoms with E-state index in [2.05, 4.69) is 4.98 Å². The first-order valence-electron chi connectivity index (χ1n) is 8.12. The number of hydrogen-bond acceptors (Lipinski definition) is 4. The minimum Gasteiger partial charge on any atom is -0.446 e. The van der Waals surface area contributed by atoms with Gasteiger partial charge in [0, 0.05) is 30.2 Å². The third kappa shape index (κ3) is 2.82. The molecule has 0 saturated carbocycles. The molecule has 1 aliphatic rings. The molecule has 1 aromatic carbocycles. The lowest BCUT2D eigenvalue weighted by Crippen LogP contribution is -2.12. The van der Waals surface area contributed by atoms with Gasteiger partial charge in [-0.15, -0.1) is 0 Å². The number of aromatic nitrogens is 1. The van der Waals surface area contributed by atoms with E-state index in [9.17, 15) is 9.18 Å². The van der Waals surface area contributed by atoms with E-state index >= 15 is 0 Å². The SMILES string of the molecule is N#Cc1ccc(-c2cnc(Cc3ccc(F)cc3)c3c2C=CCC3=O)o1. The summed E-state index contributed by atoms with van der Waals surface area (Å²) in [6, 6.07) is 11.4. The molecule has 0 amide bonds. The Bertz CT molecular complexity index is 1070. The number of pyridine rings is 1. The number of halogens is 1.